The van der Waals surface area contributed by atoms with Crippen LogP contribution in [0.2, 0.25) is 0 Å². The van der Waals surface area contributed by atoms with Crippen LogP contribution in [0.4, 0.5) is 4.39 Å². The van der Waals surface area contributed by atoms with Gasteiger partial charge in [-0.1, -0.05) is 19.1 Å². The van der Waals surface area contributed by atoms with Gasteiger partial charge in [0.05, 0.1) is 5.69 Å². The molecule has 1 fully saturated rings. The van der Waals surface area contributed by atoms with Gasteiger partial charge >= 0.3 is 0 Å². The molecular weight excluding hydrogens is 339 g/mol. The molecule has 27 heavy (non-hydrogen) atoms. The van der Waals surface area contributed by atoms with Crippen molar-refractivity contribution in [2.75, 3.05) is 19.6 Å². The van der Waals surface area contributed by atoms with E-state index in [0.717, 1.165) is 44.6 Å². The number of hydrogen-bond donors (Lipinski definition) is 1. The number of halogens is 1. The number of nitrogens with zero attached hydrogens (tertiary/aromatic N) is 3. The van der Waals surface area contributed by atoms with Crippen molar-refractivity contribution in [1.29, 1.82) is 0 Å². The molecule has 3 rings (SSSR count). The highest BCUT2D eigenvalue weighted by atomic mass is 19.1. The first kappa shape index (κ1) is 20.0. The van der Waals surface area contributed by atoms with Gasteiger partial charge < -0.3 is 10.6 Å². The van der Waals surface area contributed by atoms with Crippen LogP contribution >= 0.6 is 0 Å². The number of aryl methyl sites for hydroxylation is 2. The SMILES string of the molecule is CCc1nn(CC)c(C)c1C1CCN(CC[C@H](N)c2cccc(F)c2)CC1. The molecule has 0 aliphatic carbocycles. The monoisotopic (exact) mass is 372 g/mol. The predicted octanol–water partition coefficient (Wildman–Crippen LogP) is 4.18. The highest BCUT2D eigenvalue weighted by Gasteiger charge is 2.26. The Morgan fingerprint density at radius 2 is 2.00 bits per heavy atom. The molecule has 1 atom stereocenters. The molecule has 0 spiro atoms. The van der Waals surface area contributed by atoms with Crippen LogP contribution in [0.5, 0.6) is 0 Å². The Kier molecular flexibility index (Phi) is 6.66. The Hall–Kier alpha value is -1.72. The molecule has 5 heteroatoms. The van der Waals surface area contributed by atoms with Crippen LogP contribution in [0.25, 0.3) is 0 Å². The van der Waals surface area contributed by atoms with E-state index >= 15 is 0 Å². The van der Waals surface area contributed by atoms with Gasteiger partial charge in [-0.2, -0.15) is 5.10 Å². The number of hydrogen-bond acceptors (Lipinski definition) is 3. The zero-order valence-electron chi connectivity index (χ0n) is 16.9. The van der Waals surface area contributed by atoms with Crippen LogP contribution in [-0.2, 0) is 13.0 Å². The van der Waals surface area contributed by atoms with Crippen LogP contribution in [0, 0.1) is 12.7 Å². The van der Waals surface area contributed by atoms with Crippen molar-refractivity contribution in [2.45, 2.75) is 65.0 Å². The topological polar surface area (TPSA) is 47.1 Å². The fourth-order valence-electron chi connectivity index (χ4n) is 4.39. The Bertz CT molecular complexity index is 747. The molecule has 1 aliphatic rings. The molecule has 0 radical (unpaired) electrons. The van der Waals surface area contributed by atoms with Crippen LogP contribution in [0.3, 0.4) is 0 Å². The number of piperidine rings is 1. The van der Waals surface area contributed by atoms with Crippen molar-refractivity contribution in [3.63, 3.8) is 0 Å². The molecule has 1 aliphatic heterocycles. The summed E-state index contributed by atoms with van der Waals surface area (Å²) in [6, 6.07) is 6.57. The summed E-state index contributed by atoms with van der Waals surface area (Å²) < 4.78 is 15.5. The molecule has 2 heterocycles. The third-order valence-electron chi connectivity index (χ3n) is 5.99. The number of aromatic nitrogens is 2. The Morgan fingerprint density at radius 3 is 2.63 bits per heavy atom. The normalized spacial score (nSPS) is 17.4. The third kappa shape index (κ3) is 4.58. The maximum absolute atomic E-state index is 13.4. The van der Waals surface area contributed by atoms with Crippen molar-refractivity contribution in [2.24, 2.45) is 5.73 Å². The Labute approximate surface area is 162 Å². The van der Waals surface area contributed by atoms with E-state index in [1.54, 1.807) is 12.1 Å². The summed E-state index contributed by atoms with van der Waals surface area (Å²) in [6.45, 7) is 10.7. The summed E-state index contributed by atoms with van der Waals surface area (Å²) in [6.07, 6.45) is 4.23. The summed E-state index contributed by atoms with van der Waals surface area (Å²) in [5.41, 5.74) is 11.3. The largest absolute Gasteiger partial charge is 0.324 e. The molecular formula is C22H33FN4. The van der Waals surface area contributed by atoms with Gasteiger partial charge in [0.15, 0.2) is 0 Å². The molecule has 2 aromatic rings. The van der Waals surface area contributed by atoms with Gasteiger partial charge in [-0.25, -0.2) is 4.39 Å². The van der Waals surface area contributed by atoms with Crippen molar-refractivity contribution >= 4 is 0 Å². The average molecular weight is 373 g/mol. The van der Waals surface area contributed by atoms with E-state index in [1.165, 1.54) is 35.9 Å². The fourth-order valence-corrected chi connectivity index (χ4v) is 4.39. The van der Waals surface area contributed by atoms with E-state index in [0.29, 0.717) is 5.92 Å². The third-order valence-corrected chi connectivity index (χ3v) is 5.99. The first-order chi connectivity index (χ1) is 13.0. The van der Waals surface area contributed by atoms with Gasteiger partial charge in [-0.05, 0) is 88.3 Å². The number of benzene rings is 1. The van der Waals surface area contributed by atoms with E-state index in [4.69, 9.17) is 10.8 Å². The molecule has 148 valence electrons. The van der Waals surface area contributed by atoms with E-state index in [1.807, 2.05) is 6.07 Å². The average Bonchev–Trinajstić information content (AvgIpc) is 3.02. The van der Waals surface area contributed by atoms with Gasteiger partial charge in [-0.15, -0.1) is 0 Å². The van der Waals surface area contributed by atoms with Crippen molar-refractivity contribution in [1.82, 2.24) is 14.7 Å². The molecule has 0 unspecified atom stereocenters. The summed E-state index contributed by atoms with van der Waals surface area (Å²) in [4.78, 5) is 2.50. The lowest BCUT2D eigenvalue weighted by atomic mass is 9.87. The molecule has 1 saturated heterocycles. The minimum Gasteiger partial charge on any atom is -0.324 e. The van der Waals surface area contributed by atoms with E-state index in [2.05, 4.69) is 30.4 Å². The predicted molar refractivity (Wildman–Crippen MR) is 108 cm³/mol. The van der Waals surface area contributed by atoms with Gasteiger partial charge in [0.1, 0.15) is 5.82 Å². The van der Waals surface area contributed by atoms with Crippen LogP contribution in [-0.4, -0.2) is 34.3 Å². The molecule has 0 saturated carbocycles. The lowest BCUT2D eigenvalue weighted by molar-refractivity contribution is 0.205. The Morgan fingerprint density at radius 1 is 1.26 bits per heavy atom. The van der Waals surface area contributed by atoms with Crippen LogP contribution in [0.1, 0.15) is 67.6 Å². The lowest BCUT2D eigenvalue weighted by Crippen LogP contribution is -2.35. The van der Waals surface area contributed by atoms with E-state index in [9.17, 15) is 4.39 Å². The maximum Gasteiger partial charge on any atom is 0.123 e. The standard InChI is InChI=1S/C22H33FN4/c1-4-21-22(16(3)27(5-2)25-21)17-9-12-26(13-10-17)14-11-20(24)18-7-6-8-19(23)15-18/h6-8,15,17,20H,4-5,9-14,24H2,1-3H3/t20-/m0/s1. The zero-order valence-corrected chi connectivity index (χ0v) is 16.9. The summed E-state index contributed by atoms with van der Waals surface area (Å²) in [7, 11) is 0. The maximum atomic E-state index is 13.4. The van der Waals surface area contributed by atoms with Gasteiger partial charge in [0, 0.05) is 18.3 Å². The number of rotatable bonds is 7. The minimum atomic E-state index is -0.210. The van der Waals surface area contributed by atoms with Crippen LogP contribution < -0.4 is 5.73 Å². The highest BCUT2D eigenvalue weighted by Crippen LogP contribution is 2.33. The van der Waals surface area contributed by atoms with Crippen LogP contribution in [0.15, 0.2) is 24.3 Å². The fraction of sp³-hybridized carbons (Fsp3) is 0.591. The van der Waals surface area contributed by atoms with Gasteiger partial charge in [-0.3, -0.25) is 4.68 Å². The second-order valence-electron chi connectivity index (χ2n) is 7.68. The summed E-state index contributed by atoms with van der Waals surface area (Å²) >= 11 is 0. The van der Waals surface area contributed by atoms with Gasteiger partial charge in [0.2, 0.25) is 0 Å². The van der Waals surface area contributed by atoms with Crippen molar-refractivity contribution in [3.8, 4) is 0 Å². The Balaban J connectivity index is 1.54. The molecule has 0 bridgehead atoms. The van der Waals surface area contributed by atoms with Crippen molar-refractivity contribution in [3.05, 3.63) is 52.6 Å². The molecule has 2 N–H and O–H groups in total. The molecule has 1 aromatic heterocycles. The summed E-state index contributed by atoms with van der Waals surface area (Å²) in [5.74, 6) is 0.409. The lowest BCUT2D eigenvalue weighted by Gasteiger charge is -2.33. The molecule has 1 aromatic carbocycles. The number of nitrogens with two attached hydrogens (primary N) is 1. The second-order valence-corrected chi connectivity index (χ2v) is 7.68. The quantitative estimate of drug-likeness (QED) is 0.793. The van der Waals surface area contributed by atoms with Gasteiger partial charge in [0.25, 0.3) is 0 Å². The van der Waals surface area contributed by atoms with Crippen molar-refractivity contribution < 1.29 is 4.39 Å². The first-order valence-corrected chi connectivity index (χ1v) is 10.3. The molecule has 4 nitrogen and oxygen atoms in total. The summed E-state index contributed by atoms with van der Waals surface area (Å²) in [5, 5.41) is 4.80. The minimum absolute atomic E-state index is 0.102. The molecule has 0 amide bonds. The highest BCUT2D eigenvalue weighted by molar-refractivity contribution is 5.30. The number of likely N-dealkylation sites (tertiary alicyclic amines) is 1. The smallest absolute Gasteiger partial charge is 0.123 e. The zero-order chi connectivity index (χ0) is 19.4. The second kappa shape index (κ2) is 8.98. The first-order valence-electron chi connectivity index (χ1n) is 10.3. The van der Waals surface area contributed by atoms with E-state index < -0.39 is 0 Å². The van der Waals surface area contributed by atoms with E-state index in [-0.39, 0.29) is 11.9 Å².